The number of amides is 1. The third kappa shape index (κ3) is 3.71. The molecule has 1 aliphatic heterocycles. The third-order valence-corrected chi connectivity index (χ3v) is 4.95. The molecule has 1 heterocycles. The van der Waals surface area contributed by atoms with Crippen LogP contribution < -0.4 is 10.1 Å². The number of ether oxygens (including phenoxy) is 1. The molecule has 1 amide bonds. The molecule has 0 saturated carbocycles. The van der Waals surface area contributed by atoms with Crippen molar-refractivity contribution >= 4 is 5.91 Å². The molecule has 2 aromatic rings. The number of methoxy groups -OCH3 is 1. The number of nitrogens with zero attached hydrogens (tertiary/aromatic N) is 2. The van der Waals surface area contributed by atoms with E-state index in [1.807, 2.05) is 25.1 Å². The first kappa shape index (κ1) is 18.0. The minimum Gasteiger partial charge on any atom is -0.496 e. The van der Waals surface area contributed by atoms with E-state index in [1.165, 1.54) is 11.1 Å². The Bertz CT molecular complexity index is 828. The number of hydrogen-bond donors (Lipinski definition) is 1. The molecular formula is C21H23N3O2. The van der Waals surface area contributed by atoms with Crippen molar-refractivity contribution in [2.45, 2.75) is 32.0 Å². The van der Waals surface area contributed by atoms with E-state index in [2.05, 4.69) is 34.5 Å². The van der Waals surface area contributed by atoms with Crippen LogP contribution in [0.5, 0.6) is 5.75 Å². The summed E-state index contributed by atoms with van der Waals surface area (Å²) in [6, 6.07) is 16.7. The summed E-state index contributed by atoms with van der Waals surface area (Å²) in [5.74, 6) is 0.445. The van der Waals surface area contributed by atoms with Gasteiger partial charge in [-0.25, -0.2) is 0 Å². The van der Waals surface area contributed by atoms with Gasteiger partial charge in [0.2, 0.25) is 5.91 Å². The molecule has 2 aromatic carbocycles. The average molecular weight is 349 g/mol. The molecule has 2 atom stereocenters. The third-order valence-electron chi connectivity index (χ3n) is 4.95. The van der Waals surface area contributed by atoms with E-state index in [4.69, 9.17) is 4.74 Å². The number of para-hydroxylation sites is 1. The predicted molar refractivity (Wildman–Crippen MR) is 99.5 cm³/mol. The Morgan fingerprint density at radius 3 is 2.62 bits per heavy atom. The predicted octanol–water partition coefficient (Wildman–Crippen LogP) is 2.82. The first-order valence-corrected chi connectivity index (χ1v) is 8.77. The van der Waals surface area contributed by atoms with Crippen LogP contribution in [0.2, 0.25) is 0 Å². The number of rotatable bonds is 5. The minimum absolute atomic E-state index is 0.151. The molecule has 5 nitrogen and oxygen atoms in total. The quantitative estimate of drug-likeness (QED) is 0.901. The normalized spacial score (nSPS) is 16.0. The second kappa shape index (κ2) is 8.03. The first-order valence-electron chi connectivity index (χ1n) is 8.77. The van der Waals surface area contributed by atoms with E-state index in [-0.39, 0.29) is 11.9 Å². The lowest BCUT2D eigenvalue weighted by Gasteiger charge is -2.33. The molecule has 26 heavy (non-hydrogen) atoms. The Balaban J connectivity index is 1.70. The van der Waals surface area contributed by atoms with Crippen LogP contribution in [0, 0.1) is 11.3 Å². The van der Waals surface area contributed by atoms with Crippen molar-refractivity contribution in [3.05, 3.63) is 65.2 Å². The van der Waals surface area contributed by atoms with Crippen LogP contribution in [0.15, 0.2) is 48.5 Å². The first-order chi connectivity index (χ1) is 12.6. The van der Waals surface area contributed by atoms with Gasteiger partial charge >= 0.3 is 0 Å². The van der Waals surface area contributed by atoms with Crippen LogP contribution in [0.3, 0.4) is 0 Å². The van der Waals surface area contributed by atoms with Crippen molar-refractivity contribution in [1.82, 2.24) is 10.2 Å². The van der Waals surface area contributed by atoms with Gasteiger partial charge in [0.1, 0.15) is 11.8 Å². The van der Waals surface area contributed by atoms with Gasteiger partial charge in [0.05, 0.1) is 19.2 Å². The molecule has 0 aromatic heterocycles. The van der Waals surface area contributed by atoms with Gasteiger partial charge in [0, 0.05) is 18.7 Å². The van der Waals surface area contributed by atoms with Gasteiger partial charge in [-0.15, -0.1) is 0 Å². The zero-order valence-electron chi connectivity index (χ0n) is 15.1. The van der Waals surface area contributed by atoms with Crippen molar-refractivity contribution in [3.63, 3.8) is 0 Å². The standard InChI is InChI=1S/C21H23N3O2/c1-15(24-12-11-16-7-3-4-8-17(16)14-24)21(25)23-19(13-22)18-9-5-6-10-20(18)26-2/h3-10,15,19H,11-12,14H2,1-2H3,(H,23,25)/t15-,19+/m0/s1. The van der Waals surface area contributed by atoms with Crippen LogP contribution in [0.4, 0.5) is 0 Å². The highest BCUT2D eigenvalue weighted by atomic mass is 16.5. The smallest absolute Gasteiger partial charge is 0.238 e. The lowest BCUT2D eigenvalue weighted by atomic mass is 9.98. The van der Waals surface area contributed by atoms with Crippen molar-refractivity contribution < 1.29 is 9.53 Å². The van der Waals surface area contributed by atoms with E-state index in [1.54, 1.807) is 19.2 Å². The molecule has 1 N–H and O–H groups in total. The van der Waals surface area contributed by atoms with Gasteiger partial charge in [0.25, 0.3) is 0 Å². The maximum Gasteiger partial charge on any atom is 0.238 e. The Labute approximate surface area is 154 Å². The van der Waals surface area contributed by atoms with Crippen molar-refractivity contribution in [2.24, 2.45) is 0 Å². The maximum atomic E-state index is 12.8. The highest BCUT2D eigenvalue weighted by molar-refractivity contribution is 5.82. The van der Waals surface area contributed by atoms with E-state index < -0.39 is 6.04 Å². The zero-order chi connectivity index (χ0) is 18.5. The van der Waals surface area contributed by atoms with Crippen LogP contribution in [-0.2, 0) is 17.8 Å². The molecule has 0 unspecified atom stereocenters. The molecule has 5 heteroatoms. The Hall–Kier alpha value is -2.84. The van der Waals surface area contributed by atoms with Gasteiger partial charge in [-0.2, -0.15) is 5.26 Å². The fourth-order valence-electron chi connectivity index (χ4n) is 3.36. The number of hydrogen-bond acceptors (Lipinski definition) is 4. The molecule has 0 aliphatic carbocycles. The summed E-state index contributed by atoms with van der Waals surface area (Å²) in [5, 5.41) is 12.4. The van der Waals surface area contributed by atoms with Crippen molar-refractivity contribution in [2.75, 3.05) is 13.7 Å². The second-order valence-corrected chi connectivity index (χ2v) is 6.48. The summed E-state index contributed by atoms with van der Waals surface area (Å²) in [7, 11) is 1.56. The summed E-state index contributed by atoms with van der Waals surface area (Å²) >= 11 is 0. The molecule has 0 bridgehead atoms. The molecule has 1 aliphatic rings. The zero-order valence-corrected chi connectivity index (χ0v) is 15.1. The van der Waals surface area contributed by atoms with Crippen LogP contribution in [-0.4, -0.2) is 30.5 Å². The molecule has 0 fully saturated rings. The molecule has 0 radical (unpaired) electrons. The summed E-state index contributed by atoms with van der Waals surface area (Å²) in [6.45, 7) is 3.47. The second-order valence-electron chi connectivity index (χ2n) is 6.48. The Kier molecular flexibility index (Phi) is 5.55. The van der Waals surface area contributed by atoms with Crippen LogP contribution >= 0.6 is 0 Å². The maximum absolute atomic E-state index is 12.8. The number of carbonyl (C=O) groups is 1. The number of benzene rings is 2. The number of fused-ring (bicyclic) bond motifs is 1. The highest BCUT2D eigenvalue weighted by Gasteiger charge is 2.27. The molecule has 3 rings (SSSR count). The van der Waals surface area contributed by atoms with E-state index in [0.717, 1.165) is 19.5 Å². The van der Waals surface area contributed by atoms with Gasteiger partial charge in [0.15, 0.2) is 0 Å². The lowest BCUT2D eigenvalue weighted by molar-refractivity contribution is -0.126. The van der Waals surface area contributed by atoms with Gasteiger partial charge in [-0.05, 0) is 30.5 Å². The summed E-state index contributed by atoms with van der Waals surface area (Å²) in [6.07, 6.45) is 0.933. The topological polar surface area (TPSA) is 65.4 Å². The molecular weight excluding hydrogens is 326 g/mol. The van der Waals surface area contributed by atoms with Crippen LogP contribution in [0.1, 0.15) is 29.7 Å². The lowest BCUT2D eigenvalue weighted by Crippen LogP contribution is -2.47. The van der Waals surface area contributed by atoms with Crippen LogP contribution in [0.25, 0.3) is 0 Å². The average Bonchev–Trinajstić information content (AvgIpc) is 2.70. The molecule has 134 valence electrons. The van der Waals surface area contributed by atoms with Gasteiger partial charge < -0.3 is 10.1 Å². The number of carbonyl (C=O) groups excluding carboxylic acids is 1. The molecule has 0 saturated heterocycles. The fraction of sp³-hybridized carbons (Fsp3) is 0.333. The summed E-state index contributed by atoms with van der Waals surface area (Å²) in [4.78, 5) is 14.9. The summed E-state index contributed by atoms with van der Waals surface area (Å²) < 4.78 is 5.31. The van der Waals surface area contributed by atoms with E-state index in [0.29, 0.717) is 11.3 Å². The monoisotopic (exact) mass is 349 g/mol. The van der Waals surface area contributed by atoms with Gasteiger partial charge in [-0.1, -0.05) is 42.5 Å². The van der Waals surface area contributed by atoms with Crippen molar-refractivity contribution in [1.29, 1.82) is 5.26 Å². The van der Waals surface area contributed by atoms with Gasteiger partial charge in [-0.3, -0.25) is 9.69 Å². The number of nitriles is 1. The molecule has 0 spiro atoms. The highest BCUT2D eigenvalue weighted by Crippen LogP contribution is 2.25. The minimum atomic E-state index is -0.738. The number of nitrogens with one attached hydrogen (secondary N) is 1. The largest absolute Gasteiger partial charge is 0.496 e. The van der Waals surface area contributed by atoms with E-state index >= 15 is 0 Å². The SMILES string of the molecule is COc1ccccc1[C@@H](C#N)NC(=O)[C@H](C)N1CCc2ccccc2C1. The van der Waals surface area contributed by atoms with Crippen molar-refractivity contribution in [3.8, 4) is 11.8 Å². The Morgan fingerprint density at radius 1 is 1.19 bits per heavy atom. The summed E-state index contributed by atoms with van der Waals surface area (Å²) in [5.41, 5.74) is 3.28. The fourth-order valence-corrected chi connectivity index (χ4v) is 3.36. The Morgan fingerprint density at radius 2 is 1.88 bits per heavy atom. The van der Waals surface area contributed by atoms with E-state index in [9.17, 15) is 10.1 Å².